The van der Waals surface area contributed by atoms with Gasteiger partial charge in [-0.1, -0.05) is 22.2 Å². The van der Waals surface area contributed by atoms with E-state index >= 15 is 0 Å². The molecule has 0 fully saturated rings. The second-order valence-electron chi connectivity index (χ2n) is 2.73. The quantitative estimate of drug-likeness (QED) is 0.681. The predicted octanol–water partition coefficient (Wildman–Crippen LogP) is 1.78. The molecule has 1 aromatic carbocycles. The van der Waals surface area contributed by atoms with Crippen LogP contribution in [-0.4, -0.2) is 8.42 Å². The minimum absolute atomic E-state index is 0.0278. The molecule has 0 spiro atoms. The molecule has 1 atom stereocenters. The number of benzene rings is 1. The molecule has 0 bridgehead atoms. The van der Waals surface area contributed by atoms with Crippen molar-refractivity contribution in [3.8, 4) is 0 Å². The van der Waals surface area contributed by atoms with Crippen molar-refractivity contribution < 1.29 is 8.42 Å². The summed E-state index contributed by atoms with van der Waals surface area (Å²) in [6.45, 7) is 0. The zero-order valence-electron chi connectivity index (χ0n) is 6.81. The van der Waals surface area contributed by atoms with Crippen LogP contribution in [0.25, 0.3) is 0 Å². The van der Waals surface area contributed by atoms with Crippen LogP contribution in [0.3, 0.4) is 0 Å². The van der Waals surface area contributed by atoms with E-state index in [0.717, 1.165) is 0 Å². The normalized spacial score (nSPS) is 23.1. The Morgan fingerprint density at radius 1 is 1.43 bits per heavy atom. The number of sulfonamides is 1. The van der Waals surface area contributed by atoms with Crippen LogP contribution >= 0.6 is 11.6 Å². The van der Waals surface area contributed by atoms with E-state index < -0.39 is 16.2 Å². The van der Waals surface area contributed by atoms with Crippen molar-refractivity contribution in [3.05, 3.63) is 28.8 Å². The highest BCUT2D eigenvalue weighted by atomic mass is 35.5. The van der Waals surface area contributed by atoms with Gasteiger partial charge in [0, 0.05) is 10.6 Å². The zero-order chi connectivity index (χ0) is 10.3. The van der Waals surface area contributed by atoms with Gasteiger partial charge in [0.05, 0.1) is 4.90 Å². The Balaban J connectivity index is 2.82. The van der Waals surface area contributed by atoms with E-state index in [9.17, 15) is 8.42 Å². The number of nitrogens with one attached hydrogen (secondary N) is 1. The number of fused-ring (bicyclic) bond motifs is 1. The van der Waals surface area contributed by atoms with Crippen molar-refractivity contribution in [1.29, 1.82) is 0 Å². The van der Waals surface area contributed by atoms with Gasteiger partial charge in [0.15, 0.2) is 6.17 Å². The molecule has 5 nitrogen and oxygen atoms in total. The summed E-state index contributed by atoms with van der Waals surface area (Å²) in [5.74, 6) is 0. The lowest BCUT2D eigenvalue weighted by Crippen LogP contribution is -2.11. The summed E-state index contributed by atoms with van der Waals surface area (Å²) in [5, 5.41) is 3.53. The second kappa shape index (κ2) is 3.01. The molecule has 1 aliphatic rings. The van der Waals surface area contributed by atoms with Crippen LogP contribution in [0, 0.1) is 0 Å². The number of rotatable bonds is 0. The van der Waals surface area contributed by atoms with Crippen molar-refractivity contribution >= 4 is 21.6 Å². The Kier molecular flexibility index (Phi) is 2.06. The molecule has 1 radical (unpaired) electrons. The van der Waals surface area contributed by atoms with Crippen LogP contribution in [0.15, 0.2) is 32.7 Å². The van der Waals surface area contributed by atoms with Gasteiger partial charge in [-0.25, -0.2) is 5.73 Å². The molecule has 0 aromatic heterocycles. The Morgan fingerprint density at radius 2 is 2.14 bits per heavy atom. The summed E-state index contributed by atoms with van der Waals surface area (Å²) in [6, 6.07) is 4.40. The Labute approximate surface area is 85.6 Å². The molecule has 14 heavy (non-hydrogen) atoms. The lowest BCUT2D eigenvalue weighted by Gasteiger charge is -2.15. The molecule has 73 valence electrons. The molecular formula is C7H5ClN3O2S. The summed E-state index contributed by atoms with van der Waals surface area (Å²) in [5.41, 5.74) is 7.66. The maximum Gasteiger partial charge on any atom is 0.299 e. The van der Waals surface area contributed by atoms with Crippen molar-refractivity contribution in [2.45, 2.75) is 11.1 Å². The van der Waals surface area contributed by atoms with Crippen LogP contribution in [0.2, 0.25) is 5.02 Å². The van der Waals surface area contributed by atoms with Crippen LogP contribution in [0.1, 0.15) is 11.7 Å². The van der Waals surface area contributed by atoms with Crippen molar-refractivity contribution in [2.75, 3.05) is 0 Å². The average Bonchev–Trinajstić information content (AvgIpc) is 2.12. The second-order valence-corrected chi connectivity index (χ2v) is 4.69. The highest BCUT2D eigenvalue weighted by Gasteiger charge is 2.28. The molecule has 0 saturated carbocycles. The first-order valence-electron chi connectivity index (χ1n) is 3.69. The number of halogens is 1. The Morgan fingerprint density at radius 3 is 2.79 bits per heavy atom. The van der Waals surface area contributed by atoms with E-state index in [1.807, 2.05) is 0 Å². The monoisotopic (exact) mass is 230 g/mol. The van der Waals surface area contributed by atoms with Gasteiger partial charge in [-0.2, -0.15) is 13.5 Å². The first kappa shape index (κ1) is 9.57. The van der Waals surface area contributed by atoms with E-state index in [4.69, 9.17) is 17.3 Å². The summed E-state index contributed by atoms with van der Waals surface area (Å²) >= 11 is 5.78. The van der Waals surface area contributed by atoms with E-state index in [0.29, 0.717) is 0 Å². The Hall–Kier alpha value is -0.980. The van der Waals surface area contributed by atoms with Gasteiger partial charge in [-0.05, 0) is 12.1 Å². The maximum atomic E-state index is 11.4. The van der Waals surface area contributed by atoms with Gasteiger partial charge in [0.25, 0.3) is 10.0 Å². The highest BCUT2D eigenvalue weighted by molar-refractivity contribution is 7.90. The molecule has 1 aromatic rings. The van der Waals surface area contributed by atoms with Gasteiger partial charge in [-0.3, -0.25) is 0 Å². The predicted molar refractivity (Wildman–Crippen MR) is 49.3 cm³/mol. The lowest BCUT2D eigenvalue weighted by molar-refractivity contribution is 0.575. The minimum atomic E-state index is -3.74. The van der Waals surface area contributed by atoms with Crippen molar-refractivity contribution in [3.63, 3.8) is 0 Å². The van der Waals surface area contributed by atoms with Gasteiger partial charge in [0.2, 0.25) is 0 Å². The fourth-order valence-corrected chi connectivity index (χ4v) is 2.61. The van der Waals surface area contributed by atoms with Gasteiger partial charge in [-0.15, -0.1) is 0 Å². The fraction of sp³-hybridized carbons (Fsp3) is 0.143. The third kappa shape index (κ3) is 1.31. The molecule has 0 aliphatic carbocycles. The summed E-state index contributed by atoms with van der Waals surface area (Å²) in [4.78, 5) is -0.0278. The fourth-order valence-electron chi connectivity index (χ4n) is 1.22. The zero-order valence-corrected chi connectivity index (χ0v) is 8.38. The number of hydrogen-bond acceptors (Lipinski definition) is 3. The van der Waals surface area contributed by atoms with E-state index in [2.05, 4.69) is 9.63 Å². The third-order valence-corrected chi connectivity index (χ3v) is 3.39. The van der Waals surface area contributed by atoms with Gasteiger partial charge < -0.3 is 0 Å². The topological polar surface area (TPSA) is 82.7 Å². The van der Waals surface area contributed by atoms with Gasteiger partial charge >= 0.3 is 0 Å². The smallest absolute Gasteiger partial charge is 0.226 e. The van der Waals surface area contributed by atoms with Crippen molar-refractivity contribution in [2.24, 2.45) is 9.63 Å². The first-order valence-corrected chi connectivity index (χ1v) is 5.51. The summed E-state index contributed by atoms with van der Waals surface area (Å²) in [7, 11) is -3.74. The summed E-state index contributed by atoms with van der Waals surface area (Å²) in [6.07, 6.45) is -1.05. The SMILES string of the molecule is [NH]C1N=NS(=O)(=O)c2cccc(Cl)c21. The molecule has 1 heterocycles. The maximum absolute atomic E-state index is 11.4. The molecule has 1 aliphatic heterocycles. The molecular weight excluding hydrogens is 226 g/mol. The molecule has 7 heteroatoms. The molecule has 2 rings (SSSR count). The van der Waals surface area contributed by atoms with Crippen LogP contribution in [-0.2, 0) is 10.0 Å². The molecule has 0 saturated heterocycles. The molecule has 1 N–H and O–H groups in total. The highest BCUT2D eigenvalue weighted by Crippen LogP contribution is 2.34. The Bertz CT molecular complexity index is 512. The van der Waals surface area contributed by atoms with Gasteiger partial charge in [0.1, 0.15) is 0 Å². The number of hydrogen-bond donors (Lipinski definition) is 0. The van der Waals surface area contributed by atoms with Crippen molar-refractivity contribution in [1.82, 2.24) is 5.73 Å². The number of nitrogens with zero attached hydrogens (tertiary/aromatic N) is 2. The standard InChI is InChI=1S/C7H5ClN3O2S/c8-4-2-1-3-5-6(4)7(9)10-11-14(5,12)13/h1-3,7,9H. The minimum Gasteiger partial charge on any atom is -0.226 e. The summed E-state index contributed by atoms with van der Waals surface area (Å²) < 4.78 is 25.8. The van der Waals surface area contributed by atoms with Crippen LogP contribution in [0.5, 0.6) is 0 Å². The largest absolute Gasteiger partial charge is 0.299 e. The average molecular weight is 231 g/mol. The molecule has 0 amide bonds. The van der Waals surface area contributed by atoms with Crippen LogP contribution < -0.4 is 5.73 Å². The molecule has 1 unspecified atom stereocenters. The van der Waals surface area contributed by atoms with E-state index in [1.54, 1.807) is 0 Å². The third-order valence-electron chi connectivity index (χ3n) is 1.83. The van der Waals surface area contributed by atoms with Crippen LogP contribution in [0.4, 0.5) is 0 Å². The van der Waals surface area contributed by atoms with E-state index in [1.165, 1.54) is 18.2 Å². The lowest BCUT2D eigenvalue weighted by atomic mass is 10.2. The van der Waals surface area contributed by atoms with E-state index in [-0.39, 0.29) is 15.5 Å². The first-order chi connectivity index (χ1) is 6.52.